The summed E-state index contributed by atoms with van der Waals surface area (Å²) in [5.41, 5.74) is 6.80. The Morgan fingerprint density at radius 2 is 1.92 bits per heavy atom. The van der Waals surface area contributed by atoms with Gasteiger partial charge in [-0.15, -0.1) is 0 Å². The van der Waals surface area contributed by atoms with Gasteiger partial charge in [-0.2, -0.15) is 0 Å². The molecule has 5 heteroatoms. The number of hydrogen-bond donors (Lipinski definition) is 2. The molecule has 3 N–H and O–H groups in total. The molecule has 1 aliphatic carbocycles. The molecular formula is C20H29N3O2. The van der Waals surface area contributed by atoms with Crippen LogP contribution in [0.1, 0.15) is 51.9 Å². The van der Waals surface area contributed by atoms with Crippen molar-refractivity contribution in [3.63, 3.8) is 0 Å². The fourth-order valence-electron chi connectivity index (χ4n) is 4.36. The maximum atomic E-state index is 12.8. The van der Waals surface area contributed by atoms with E-state index in [1.807, 2.05) is 37.3 Å². The molecule has 2 fully saturated rings. The quantitative estimate of drug-likeness (QED) is 0.863. The summed E-state index contributed by atoms with van der Waals surface area (Å²) in [7, 11) is 0. The summed E-state index contributed by atoms with van der Waals surface area (Å²) in [4.78, 5) is 27.2. The summed E-state index contributed by atoms with van der Waals surface area (Å²) >= 11 is 0. The van der Waals surface area contributed by atoms with Crippen LogP contribution in [-0.4, -0.2) is 30.4 Å². The topological polar surface area (TPSA) is 75.4 Å². The minimum atomic E-state index is -0.430. The van der Waals surface area contributed by atoms with Crippen molar-refractivity contribution in [3.05, 3.63) is 30.3 Å². The smallest absolute Gasteiger partial charge is 0.249 e. The predicted octanol–water partition coefficient (Wildman–Crippen LogP) is 2.60. The standard InChI is InChI=1S/C20H29N3O2/c1-15-12-17(19(25)23(15)16-8-4-2-5-9-16)22-18(24)13-20(14-21)10-6-3-7-11-20/h2,4-5,8-9,15,17H,3,6-7,10-14,21H2,1H3,(H,22,24). The number of carbonyl (C=O) groups excluding carboxylic acids is 2. The first-order valence-electron chi connectivity index (χ1n) is 9.42. The van der Waals surface area contributed by atoms with Crippen LogP contribution in [0.4, 0.5) is 5.69 Å². The number of nitrogens with one attached hydrogen (secondary N) is 1. The average Bonchev–Trinajstić information content (AvgIpc) is 2.90. The molecule has 25 heavy (non-hydrogen) atoms. The van der Waals surface area contributed by atoms with Crippen molar-refractivity contribution in [2.24, 2.45) is 11.1 Å². The molecule has 1 aromatic carbocycles. The first-order chi connectivity index (χ1) is 12.0. The molecule has 1 aromatic rings. The van der Waals surface area contributed by atoms with E-state index < -0.39 is 6.04 Å². The van der Waals surface area contributed by atoms with E-state index in [4.69, 9.17) is 5.73 Å². The number of anilines is 1. The van der Waals surface area contributed by atoms with Gasteiger partial charge < -0.3 is 16.0 Å². The third-order valence-electron chi connectivity index (χ3n) is 5.81. The first kappa shape index (κ1) is 17.9. The summed E-state index contributed by atoms with van der Waals surface area (Å²) in [6, 6.07) is 9.31. The minimum Gasteiger partial charge on any atom is -0.344 e. The van der Waals surface area contributed by atoms with E-state index in [-0.39, 0.29) is 23.3 Å². The molecule has 0 radical (unpaired) electrons. The average molecular weight is 343 g/mol. The van der Waals surface area contributed by atoms with Crippen LogP contribution in [0.2, 0.25) is 0 Å². The fraction of sp³-hybridized carbons (Fsp3) is 0.600. The van der Waals surface area contributed by atoms with Crippen molar-refractivity contribution >= 4 is 17.5 Å². The molecule has 2 atom stereocenters. The van der Waals surface area contributed by atoms with Crippen molar-refractivity contribution in [3.8, 4) is 0 Å². The second-order valence-electron chi connectivity index (χ2n) is 7.69. The maximum Gasteiger partial charge on any atom is 0.249 e. The highest BCUT2D eigenvalue weighted by Gasteiger charge is 2.40. The Morgan fingerprint density at radius 3 is 2.56 bits per heavy atom. The van der Waals surface area contributed by atoms with Gasteiger partial charge >= 0.3 is 0 Å². The lowest BCUT2D eigenvalue weighted by atomic mass is 9.71. The summed E-state index contributed by atoms with van der Waals surface area (Å²) in [6.45, 7) is 2.57. The molecule has 2 unspecified atom stereocenters. The second kappa shape index (κ2) is 7.56. The molecule has 1 saturated heterocycles. The number of rotatable bonds is 5. The van der Waals surface area contributed by atoms with Crippen LogP contribution in [0.25, 0.3) is 0 Å². The fourth-order valence-corrected chi connectivity index (χ4v) is 4.36. The molecular weight excluding hydrogens is 314 g/mol. The largest absolute Gasteiger partial charge is 0.344 e. The van der Waals surface area contributed by atoms with Crippen LogP contribution < -0.4 is 16.0 Å². The lowest BCUT2D eigenvalue weighted by molar-refractivity contribution is -0.128. The van der Waals surface area contributed by atoms with Gasteiger partial charge in [0.1, 0.15) is 6.04 Å². The van der Waals surface area contributed by atoms with Crippen LogP contribution in [0, 0.1) is 5.41 Å². The van der Waals surface area contributed by atoms with E-state index in [1.54, 1.807) is 4.90 Å². The maximum absolute atomic E-state index is 12.8. The molecule has 1 aliphatic heterocycles. The normalized spacial score (nSPS) is 25.8. The number of carbonyl (C=O) groups is 2. The minimum absolute atomic E-state index is 0.0162. The summed E-state index contributed by atoms with van der Waals surface area (Å²) in [5.74, 6) is -0.0506. The lowest BCUT2D eigenvalue weighted by Crippen LogP contribution is -2.45. The van der Waals surface area contributed by atoms with Gasteiger partial charge in [0.25, 0.3) is 0 Å². The summed E-state index contributed by atoms with van der Waals surface area (Å²) in [5, 5.41) is 2.98. The number of hydrogen-bond acceptors (Lipinski definition) is 3. The highest BCUT2D eigenvalue weighted by molar-refractivity contribution is 6.02. The Balaban J connectivity index is 1.63. The van der Waals surface area contributed by atoms with Gasteiger partial charge in [0, 0.05) is 18.2 Å². The third-order valence-corrected chi connectivity index (χ3v) is 5.81. The van der Waals surface area contributed by atoms with Gasteiger partial charge in [-0.25, -0.2) is 0 Å². The lowest BCUT2D eigenvalue weighted by Gasteiger charge is -2.35. The molecule has 0 bridgehead atoms. The second-order valence-corrected chi connectivity index (χ2v) is 7.69. The first-order valence-corrected chi connectivity index (χ1v) is 9.42. The Bertz CT molecular complexity index is 611. The van der Waals surface area contributed by atoms with E-state index in [0.29, 0.717) is 19.4 Å². The molecule has 3 rings (SSSR count). The van der Waals surface area contributed by atoms with Crippen LogP contribution in [0.15, 0.2) is 30.3 Å². The molecule has 0 spiro atoms. The zero-order chi connectivity index (χ0) is 17.9. The van der Waals surface area contributed by atoms with Gasteiger partial charge in [0.15, 0.2) is 0 Å². The Kier molecular flexibility index (Phi) is 5.42. The molecule has 2 amide bonds. The van der Waals surface area contributed by atoms with Gasteiger partial charge in [0.05, 0.1) is 0 Å². The van der Waals surface area contributed by atoms with E-state index in [9.17, 15) is 9.59 Å². The Morgan fingerprint density at radius 1 is 1.24 bits per heavy atom. The monoisotopic (exact) mass is 343 g/mol. The van der Waals surface area contributed by atoms with E-state index >= 15 is 0 Å². The van der Waals surface area contributed by atoms with Gasteiger partial charge in [0.2, 0.25) is 11.8 Å². The Hall–Kier alpha value is -1.88. The molecule has 1 saturated carbocycles. The third kappa shape index (κ3) is 3.87. The molecule has 2 aliphatic rings. The SMILES string of the molecule is CC1CC(NC(=O)CC2(CN)CCCCC2)C(=O)N1c1ccccc1. The summed E-state index contributed by atoms with van der Waals surface area (Å²) in [6.07, 6.45) is 6.64. The van der Waals surface area contributed by atoms with Crippen LogP contribution in [0.5, 0.6) is 0 Å². The van der Waals surface area contributed by atoms with E-state index in [0.717, 1.165) is 31.4 Å². The number of para-hydroxylation sites is 1. The van der Waals surface area contributed by atoms with Gasteiger partial charge in [-0.3, -0.25) is 9.59 Å². The van der Waals surface area contributed by atoms with Crippen LogP contribution in [-0.2, 0) is 9.59 Å². The highest BCUT2D eigenvalue weighted by atomic mass is 16.2. The zero-order valence-corrected chi connectivity index (χ0v) is 15.0. The van der Waals surface area contributed by atoms with Crippen molar-refractivity contribution < 1.29 is 9.59 Å². The molecule has 0 aromatic heterocycles. The van der Waals surface area contributed by atoms with Crippen molar-refractivity contribution in [2.45, 2.75) is 64.0 Å². The van der Waals surface area contributed by atoms with E-state index in [2.05, 4.69) is 5.32 Å². The van der Waals surface area contributed by atoms with Crippen LogP contribution >= 0.6 is 0 Å². The van der Waals surface area contributed by atoms with Crippen molar-refractivity contribution in [1.82, 2.24) is 5.32 Å². The molecule has 5 nitrogen and oxygen atoms in total. The number of amides is 2. The van der Waals surface area contributed by atoms with Gasteiger partial charge in [-0.05, 0) is 50.3 Å². The van der Waals surface area contributed by atoms with Gasteiger partial charge in [-0.1, -0.05) is 37.5 Å². The Labute approximate surface area is 150 Å². The van der Waals surface area contributed by atoms with Crippen molar-refractivity contribution in [1.29, 1.82) is 0 Å². The number of nitrogens with zero attached hydrogens (tertiary/aromatic N) is 1. The number of nitrogens with two attached hydrogens (primary N) is 1. The van der Waals surface area contributed by atoms with Crippen LogP contribution in [0.3, 0.4) is 0 Å². The highest BCUT2D eigenvalue weighted by Crippen LogP contribution is 2.38. The van der Waals surface area contributed by atoms with E-state index in [1.165, 1.54) is 6.42 Å². The summed E-state index contributed by atoms with van der Waals surface area (Å²) < 4.78 is 0. The molecule has 136 valence electrons. The number of benzene rings is 1. The predicted molar refractivity (Wildman–Crippen MR) is 99.1 cm³/mol. The molecule has 1 heterocycles. The zero-order valence-electron chi connectivity index (χ0n) is 15.0. The van der Waals surface area contributed by atoms with Crippen molar-refractivity contribution in [2.75, 3.05) is 11.4 Å².